The molecule has 9 nitrogen and oxygen atoms in total. The van der Waals surface area contributed by atoms with Crippen molar-refractivity contribution in [3.8, 4) is 12.1 Å². The number of benzene rings is 1. The van der Waals surface area contributed by atoms with Crippen molar-refractivity contribution in [2.75, 3.05) is 14.2 Å². The highest BCUT2D eigenvalue weighted by atomic mass is 16.7. The Balaban J connectivity index is 2.17. The van der Waals surface area contributed by atoms with Gasteiger partial charge in [-0.05, 0) is 5.56 Å². The van der Waals surface area contributed by atoms with Crippen LogP contribution in [0.2, 0.25) is 0 Å². The monoisotopic (exact) mass is 327 g/mol. The zero-order valence-electron chi connectivity index (χ0n) is 12.9. The number of non-ortho nitro benzene ring substituents is 1. The number of aliphatic imine (C=N–C) groups is 1. The molecule has 0 saturated heterocycles. The summed E-state index contributed by atoms with van der Waals surface area (Å²) in [6.07, 6.45) is 0. The van der Waals surface area contributed by atoms with Crippen LogP contribution in [0, 0.1) is 43.6 Å². The van der Waals surface area contributed by atoms with Gasteiger partial charge in [-0.3, -0.25) is 10.1 Å². The van der Waals surface area contributed by atoms with Gasteiger partial charge in [0.15, 0.2) is 5.41 Å². The van der Waals surface area contributed by atoms with E-state index in [1.165, 1.54) is 38.5 Å². The van der Waals surface area contributed by atoms with Crippen LogP contribution < -0.4 is 5.73 Å². The van der Waals surface area contributed by atoms with Gasteiger partial charge in [-0.25, -0.2) is 4.99 Å². The predicted molar refractivity (Wildman–Crippen MR) is 80.3 cm³/mol. The molecule has 24 heavy (non-hydrogen) atoms. The quantitative estimate of drug-likeness (QED) is 0.493. The molecule has 122 valence electrons. The van der Waals surface area contributed by atoms with Crippen LogP contribution in [0.15, 0.2) is 29.3 Å². The first-order valence-electron chi connectivity index (χ1n) is 6.93. The van der Waals surface area contributed by atoms with Gasteiger partial charge >= 0.3 is 0 Å². The van der Waals surface area contributed by atoms with Crippen molar-refractivity contribution >= 4 is 11.5 Å². The number of nitriles is 2. The van der Waals surface area contributed by atoms with Gasteiger partial charge in [-0.1, -0.05) is 12.1 Å². The summed E-state index contributed by atoms with van der Waals surface area (Å²) in [5.41, 5.74) is 3.57. The van der Waals surface area contributed by atoms with Gasteiger partial charge in [0.1, 0.15) is 11.3 Å². The first-order chi connectivity index (χ1) is 11.4. The standard InChI is InChI=1S/C15H13N5O4/c1-23-15(24-2)14(8-17)11(13(14,7-16)12(18)19-15)9-3-5-10(6-4-9)20(21)22/h3-6,11H,1-2H3,(H2,18,19)/t11-,13-,14+/m0/s1. The van der Waals surface area contributed by atoms with Gasteiger partial charge in [0.05, 0.1) is 17.1 Å². The second-order valence-electron chi connectivity index (χ2n) is 5.61. The molecule has 1 heterocycles. The van der Waals surface area contributed by atoms with Crippen LogP contribution in [-0.4, -0.2) is 30.9 Å². The number of fused-ring (bicyclic) bond motifs is 1. The maximum atomic E-state index is 10.8. The Hall–Kier alpha value is -3.01. The molecule has 9 heteroatoms. The molecule has 0 spiro atoms. The molecular formula is C15H13N5O4. The zero-order valence-corrected chi connectivity index (χ0v) is 12.9. The van der Waals surface area contributed by atoms with Gasteiger partial charge < -0.3 is 15.2 Å². The molecular weight excluding hydrogens is 314 g/mol. The zero-order chi connectivity index (χ0) is 17.8. The average molecular weight is 327 g/mol. The first-order valence-corrected chi connectivity index (χ1v) is 6.93. The molecule has 0 amide bonds. The van der Waals surface area contributed by atoms with Crippen molar-refractivity contribution in [3.05, 3.63) is 39.9 Å². The van der Waals surface area contributed by atoms with E-state index < -0.39 is 27.6 Å². The van der Waals surface area contributed by atoms with Crippen LogP contribution in [0.4, 0.5) is 5.69 Å². The van der Waals surface area contributed by atoms with Crippen molar-refractivity contribution in [1.29, 1.82) is 10.5 Å². The number of amidine groups is 1. The molecule has 3 rings (SSSR count). The van der Waals surface area contributed by atoms with E-state index in [-0.39, 0.29) is 11.5 Å². The van der Waals surface area contributed by atoms with Crippen molar-refractivity contribution in [2.24, 2.45) is 21.6 Å². The Morgan fingerprint density at radius 2 is 1.83 bits per heavy atom. The minimum Gasteiger partial charge on any atom is -0.386 e. The van der Waals surface area contributed by atoms with Crippen LogP contribution in [-0.2, 0) is 9.47 Å². The molecule has 3 atom stereocenters. The topological polar surface area (TPSA) is 148 Å². The van der Waals surface area contributed by atoms with Crippen LogP contribution in [0.5, 0.6) is 0 Å². The predicted octanol–water partition coefficient (Wildman–Crippen LogP) is 1.03. The number of nitrogens with two attached hydrogens (primary N) is 1. The Kier molecular flexibility index (Phi) is 3.14. The number of hydrogen-bond acceptors (Lipinski definition) is 8. The summed E-state index contributed by atoms with van der Waals surface area (Å²) in [5.74, 6) is -2.41. The van der Waals surface area contributed by atoms with Gasteiger partial charge in [0.25, 0.3) is 11.6 Å². The van der Waals surface area contributed by atoms with Crippen LogP contribution in [0.1, 0.15) is 11.5 Å². The van der Waals surface area contributed by atoms with Crippen molar-refractivity contribution in [3.63, 3.8) is 0 Å². The summed E-state index contributed by atoms with van der Waals surface area (Å²) in [7, 11) is 2.63. The smallest absolute Gasteiger partial charge is 0.292 e. The van der Waals surface area contributed by atoms with Gasteiger partial charge in [-0.2, -0.15) is 10.5 Å². The average Bonchev–Trinajstić information content (AvgIpc) is 3.17. The molecule has 1 saturated carbocycles. The van der Waals surface area contributed by atoms with E-state index in [4.69, 9.17) is 15.2 Å². The first kappa shape index (κ1) is 15.9. The molecule has 1 aliphatic heterocycles. The molecule has 1 aromatic rings. The molecule has 1 aliphatic carbocycles. The summed E-state index contributed by atoms with van der Waals surface area (Å²) in [5, 5.41) is 30.4. The normalized spacial score (nSPS) is 32.2. The highest BCUT2D eigenvalue weighted by Crippen LogP contribution is 2.81. The third kappa shape index (κ3) is 1.41. The number of nitro groups is 1. The van der Waals surface area contributed by atoms with E-state index in [1.54, 1.807) is 0 Å². The van der Waals surface area contributed by atoms with Crippen molar-refractivity contribution < 1.29 is 14.4 Å². The summed E-state index contributed by atoms with van der Waals surface area (Å²) < 4.78 is 10.7. The molecule has 0 bridgehead atoms. The summed E-state index contributed by atoms with van der Waals surface area (Å²) >= 11 is 0. The maximum Gasteiger partial charge on any atom is 0.292 e. The van der Waals surface area contributed by atoms with E-state index in [2.05, 4.69) is 17.1 Å². The van der Waals surface area contributed by atoms with Crippen LogP contribution in [0.3, 0.4) is 0 Å². The van der Waals surface area contributed by atoms with E-state index >= 15 is 0 Å². The lowest BCUT2D eigenvalue weighted by molar-refractivity contribution is -0.384. The molecule has 0 radical (unpaired) electrons. The number of methoxy groups -OCH3 is 2. The van der Waals surface area contributed by atoms with Gasteiger partial charge in [0, 0.05) is 32.3 Å². The van der Waals surface area contributed by atoms with Gasteiger partial charge in [0.2, 0.25) is 0 Å². The molecule has 2 aliphatic rings. The molecule has 1 fully saturated rings. The number of nitro benzene ring substituents is 1. The van der Waals surface area contributed by atoms with E-state index in [0.717, 1.165) is 0 Å². The number of hydrogen-bond donors (Lipinski definition) is 1. The van der Waals surface area contributed by atoms with E-state index in [1.807, 2.05) is 0 Å². The second kappa shape index (κ2) is 4.74. The third-order valence-electron chi connectivity index (χ3n) is 4.92. The minimum absolute atomic E-state index is 0.0430. The minimum atomic E-state index is -1.70. The molecule has 0 aromatic heterocycles. The lowest BCUT2D eigenvalue weighted by Gasteiger charge is -2.29. The Labute approximate surface area is 137 Å². The van der Waals surface area contributed by atoms with Crippen LogP contribution in [0.25, 0.3) is 0 Å². The van der Waals surface area contributed by atoms with Crippen molar-refractivity contribution in [1.82, 2.24) is 0 Å². The van der Waals surface area contributed by atoms with Crippen LogP contribution >= 0.6 is 0 Å². The second-order valence-corrected chi connectivity index (χ2v) is 5.61. The fourth-order valence-corrected chi connectivity index (χ4v) is 3.81. The molecule has 2 N–H and O–H groups in total. The third-order valence-corrected chi connectivity index (χ3v) is 4.92. The number of nitrogens with zero attached hydrogens (tertiary/aromatic N) is 4. The Morgan fingerprint density at radius 3 is 2.25 bits per heavy atom. The van der Waals surface area contributed by atoms with Gasteiger partial charge in [-0.15, -0.1) is 0 Å². The fourth-order valence-electron chi connectivity index (χ4n) is 3.81. The summed E-state index contributed by atoms with van der Waals surface area (Å²) in [4.78, 5) is 14.4. The number of rotatable bonds is 4. The lowest BCUT2D eigenvalue weighted by atomic mass is 9.93. The fraction of sp³-hybridized carbons (Fsp3) is 0.400. The van der Waals surface area contributed by atoms with Crippen molar-refractivity contribution in [2.45, 2.75) is 11.8 Å². The Morgan fingerprint density at radius 1 is 1.25 bits per heavy atom. The summed E-state index contributed by atoms with van der Waals surface area (Å²) in [6, 6.07) is 9.84. The summed E-state index contributed by atoms with van der Waals surface area (Å²) in [6.45, 7) is 0. The highest BCUT2D eigenvalue weighted by Gasteiger charge is 2.93. The maximum absolute atomic E-state index is 10.8. The largest absolute Gasteiger partial charge is 0.386 e. The molecule has 0 unspecified atom stereocenters. The lowest BCUT2D eigenvalue weighted by Crippen LogP contribution is -2.41. The number of ether oxygens (including phenoxy) is 2. The molecule has 1 aromatic carbocycles. The SMILES string of the molecule is COC1(OC)N=C(N)[C@]2(C#N)[C@H](c3ccc([N+](=O)[O-])cc3)[C@@]12C#N. The van der Waals surface area contributed by atoms with E-state index in [0.29, 0.717) is 5.56 Å². The Bertz CT molecular complexity index is 833. The van der Waals surface area contributed by atoms with E-state index in [9.17, 15) is 20.6 Å². The highest BCUT2D eigenvalue weighted by molar-refractivity contribution is 6.00.